The van der Waals surface area contributed by atoms with Gasteiger partial charge in [-0.1, -0.05) is 18.2 Å². The van der Waals surface area contributed by atoms with Gasteiger partial charge in [-0.3, -0.25) is 19.8 Å². The van der Waals surface area contributed by atoms with E-state index in [1.807, 2.05) is 18.2 Å². The summed E-state index contributed by atoms with van der Waals surface area (Å²) in [5.41, 5.74) is -0.748. The minimum absolute atomic E-state index is 0.149. The molecule has 0 bridgehead atoms. The summed E-state index contributed by atoms with van der Waals surface area (Å²) < 4.78 is 5.72. The van der Waals surface area contributed by atoms with E-state index in [9.17, 15) is 19.2 Å². The molecule has 9 nitrogen and oxygen atoms in total. The van der Waals surface area contributed by atoms with Gasteiger partial charge in [-0.25, -0.2) is 9.59 Å². The number of imide groups is 2. The molecule has 2 heterocycles. The van der Waals surface area contributed by atoms with Crippen LogP contribution >= 0.6 is 0 Å². The average Bonchev–Trinajstić information content (AvgIpc) is 3.14. The summed E-state index contributed by atoms with van der Waals surface area (Å²) in [4.78, 5) is 48.7. The summed E-state index contributed by atoms with van der Waals surface area (Å²) in [7, 11) is 1.37. The number of hydrogen-bond acceptors (Lipinski definition) is 5. The molecule has 0 saturated carbocycles. The van der Waals surface area contributed by atoms with Gasteiger partial charge in [0.15, 0.2) is 5.54 Å². The Morgan fingerprint density at radius 3 is 2.69 bits per heavy atom. The van der Waals surface area contributed by atoms with Crippen LogP contribution in [0.1, 0.15) is 19.1 Å². The number of carbonyl (C=O) groups excluding carboxylic acids is 4. The van der Waals surface area contributed by atoms with E-state index in [-0.39, 0.29) is 13.0 Å². The van der Waals surface area contributed by atoms with E-state index >= 15 is 0 Å². The van der Waals surface area contributed by atoms with Crippen LogP contribution in [0.5, 0.6) is 0 Å². The van der Waals surface area contributed by atoms with E-state index in [4.69, 9.17) is 4.42 Å². The van der Waals surface area contributed by atoms with Crippen LogP contribution in [0.4, 0.5) is 9.59 Å². The molecule has 0 unspecified atom stereocenters. The van der Waals surface area contributed by atoms with Gasteiger partial charge >= 0.3 is 12.1 Å². The fourth-order valence-corrected chi connectivity index (χ4v) is 2.76. The molecule has 0 spiro atoms. The lowest BCUT2D eigenvalue weighted by Gasteiger charge is -2.18. The molecule has 1 aliphatic heterocycles. The Morgan fingerprint density at radius 1 is 1.27 bits per heavy atom. The summed E-state index contributed by atoms with van der Waals surface area (Å²) in [5.74, 6) is -0.800. The highest BCUT2D eigenvalue weighted by Crippen LogP contribution is 2.32. The second-order valence-corrected chi connectivity index (χ2v) is 6.04. The predicted octanol–water partition coefficient (Wildman–Crippen LogP) is 1.05. The summed E-state index contributed by atoms with van der Waals surface area (Å²) in [6, 6.07) is 7.69. The number of para-hydroxylation sites is 1. The Balaban J connectivity index is 1.75. The van der Waals surface area contributed by atoms with Crippen molar-refractivity contribution in [2.24, 2.45) is 0 Å². The molecule has 0 radical (unpaired) electrons. The standard InChI is InChI=1S/C17H18N4O5/c1-17(12-9-10-5-3-4-6-11(10)26-12)14(23)21(16(25)20-17)8-7-13(22)19-15(24)18-2/h3-6,9H,7-8H2,1-2H3,(H,20,25)(H2,18,19,22,24)/t17-/m1/s1. The predicted molar refractivity (Wildman–Crippen MR) is 91.0 cm³/mol. The van der Waals surface area contributed by atoms with Crippen molar-refractivity contribution in [1.82, 2.24) is 20.9 Å². The first-order valence-electron chi connectivity index (χ1n) is 8.00. The summed E-state index contributed by atoms with van der Waals surface area (Å²) in [6.07, 6.45) is -0.192. The monoisotopic (exact) mass is 358 g/mol. The SMILES string of the molecule is CNC(=O)NC(=O)CCN1C(=O)N[C@](C)(c2cc3ccccc3o2)C1=O. The van der Waals surface area contributed by atoms with Crippen LogP contribution in [0.25, 0.3) is 11.0 Å². The maximum atomic E-state index is 12.8. The number of fused-ring (bicyclic) bond motifs is 1. The lowest BCUT2D eigenvalue weighted by atomic mass is 9.99. The fourth-order valence-electron chi connectivity index (χ4n) is 2.76. The molecule has 3 rings (SSSR count). The maximum Gasteiger partial charge on any atom is 0.325 e. The molecular weight excluding hydrogens is 340 g/mol. The summed E-state index contributed by atoms with van der Waals surface area (Å²) >= 11 is 0. The highest BCUT2D eigenvalue weighted by Gasteiger charge is 2.51. The second kappa shape index (κ2) is 6.51. The van der Waals surface area contributed by atoms with Gasteiger partial charge in [-0.15, -0.1) is 0 Å². The van der Waals surface area contributed by atoms with Crippen LogP contribution in [0.2, 0.25) is 0 Å². The zero-order chi connectivity index (χ0) is 18.9. The van der Waals surface area contributed by atoms with Gasteiger partial charge < -0.3 is 15.1 Å². The molecule has 9 heteroatoms. The first-order chi connectivity index (χ1) is 12.3. The van der Waals surface area contributed by atoms with Gasteiger partial charge in [0.05, 0.1) is 0 Å². The highest BCUT2D eigenvalue weighted by molar-refractivity contribution is 6.07. The number of furan rings is 1. The Labute approximate surface area is 148 Å². The zero-order valence-electron chi connectivity index (χ0n) is 14.3. The minimum atomic E-state index is -1.35. The van der Waals surface area contributed by atoms with Gasteiger partial charge in [0.1, 0.15) is 11.3 Å². The topological polar surface area (TPSA) is 121 Å². The molecule has 6 amide bonds. The Hall–Kier alpha value is -3.36. The summed E-state index contributed by atoms with van der Waals surface area (Å²) in [6.45, 7) is 1.40. The van der Waals surface area contributed by atoms with Crippen LogP contribution in [0, 0.1) is 0 Å². The van der Waals surface area contributed by atoms with Crippen LogP contribution in [0.3, 0.4) is 0 Å². The third-order valence-electron chi connectivity index (χ3n) is 4.24. The molecule has 1 aromatic heterocycles. The number of hydrogen-bond donors (Lipinski definition) is 3. The Kier molecular flexibility index (Phi) is 4.37. The molecule has 1 aromatic carbocycles. The van der Waals surface area contributed by atoms with Crippen molar-refractivity contribution in [3.8, 4) is 0 Å². The number of benzene rings is 1. The van der Waals surface area contributed by atoms with Gasteiger partial charge in [-0.2, -0.15) is 0 Å². The number of nitrogens with zero attached hydrogens (tertiary/aromatic N) is 1. The lowest BCUT2D eigenvalue weighted by molar-refractivity contribution is -0.131. The van der Waals surface area contributed by atoms with E-state index < -0.39 is 29.4 Å². The van der Waals surface area contributed by atoms with Crippen molar-refractivity contribution in [1.29, 1.82) is 0 Å². The molecule has 26 heavy (non-hydrogen) atoms. The number of urea groups is 2. The van der Waals surface area contributed by atoms with Crippen LogP contribution in [-0.2, 0) is 15.1 Å². The minimum Gasteiger partial charge on any atom is -0.458 e. The van der Waals surface area contributed by atoms with Crippen molar-refractivity contribution in [3.05, 3.63) is 36.1 Å². The van der Waals surface area contributed by atoms with Crippen molar-refractivity contribution in [3.63, 3.8) is 0 Å². The van der Waals surface area contributed by atoms with Crippen LogP contribution < -0.4 is 16.0 Å². The fraction of sp³-hybridized carbons (Fsp3) is 0.294. The molecule has 136 valence electrons. The molecule has 1 fully saturated rings. The lowest BCUT2D eigenvalue weighted by Crippen LogP contribution is -2.42. The quantitative estimate of drug-likeness (QED) is 0.706. The number of amides is 6. The van der Waals surface area contributed by atoms with Crippen molar-refractivity contribution >= 4 is 34.8 Å². The van der Waals surface area contributed by atoms with E-state index in [1.165, 1.54) is 7.05 Å². The number of carbonyl (C=O) groups is 4. The molecular formula is C17H18N4O5. The first kappa shape index (κ1) is 17.5. The molecule has 0 aliphatic carbocycles. The van der Waals surface area contributed by atoms with Gasteiger partial charge in [0.25, 0.3) is 5.91 Å². The van der Waals surface area contributed by atoms with Crippen molar-refractivity contribution in [2.45, 2.75) is 18.9 Å². The third-order valence-corrected chi connectivity index (χ3v) is 4.24. The van der Waals surface area contributed by atoms with Gasteiger partial charge in [-0.05, 0) is 19.1 Å². The Bertz CT molecular complexity index is 872. The second-order valence-electron chi connectivity index (χ2n) is 6.04. The van der Waals surface area contributed by atoms with Crippen molar-refractivity contribution in [2.75, 3.05) is 13.6 Å². The summed E-state index contributed by atoms with van der Waals surface area (Å²) in [5, 5.41) is 7.75. The van der Waals surface area contributed by atoms with E-state index in [2.05, 4.69) is 16.0 Å². The van der Waals surface area contributed by atoms with Crippen molar-refractivity contribution < 1.29 is 23.6 Å². The van der Waals surface area contributed by atoms with Gasteiger partial charge in [0.2, 0.25) is 5.91 Å². The Morgan fingerprint density at radius 2 is 2.00 bits per heavy atom. The third kappa shape index (κ3) is 2.99. The molecule has 1 aliphatic rings. The number of nitrogens with one attached hydrogen (secondary N) is 3. The van der Waals surface area contributed by atoms with E-state index in [1.54, 1.807) is 19.1 Å². The first-order valence-corrected chi connectivity index (χ1v) is 8.00. The van der Waals surface area contributed by atoms with Crippen LogP contribution in [-0.4, -0.2) is 42.4 Å². The molecule has 1 atom stereocenters. The van der Waals surface area contributed by atoms with E-state index in [0.717, 1.165) is 10.3 Å². The van der Waals surface area contributed by atoms with E-state index in [0.29, 0.717) is 11.3 Å². The smallest absolute Gasteiger partial charge is 0.325 e. The van der Waals surface area contributed by atoms with Crippen LogP contribution in [0.15, 0.2) is 34.7 Å². The van der Waals surface area contributed by atoms with Gasteiger partial charge in [0, 0.05) is 25.4 Å². The molecule has 1 saturated heterocycles. The normalized spacial score (nSPS) is 19.5. The zero-order valence-corrected chi connectivity index (χ0v) is 14.3. The molecule has 3 N–H and O–H groups in total. The highest BCUT2D eigenvalue weighted by atomic mass is 16.3. The average molecular weight is 358 g/mol. The maximum absolute atomic E-state index is 12.8. The number of rotatable bonds is 4. The largest absolute Gasteiger partial charge is 0.458 e. The molecule has 2 aromatic rings.